The normalized spacial score (nSPS) is 19.9. The number of Topliss-reactive ketones (excluding diaryl/α,β-unsaturated/α-hetero) is 1. The third-order valence-corrected chi connectivity index (χ3v) is 5.45. The van der Waals surface area contributed by atoms with Crippen LogP contribution >= 0.6 is 0 Å². The second kappa shape index (κ2) is 13.9. The van der Waals surface area contributed by atoms with Crippen LogP contribution in [0.25, 0.3) is 0 Å². The molecule has 0 aliphatic carbocycles. The zero-order chi connectivity index (χ0) is 19.2. The van der Waals surface area contributed by atoms with Crippen LogP contribution in [0.1, 0.15) is 95.8 Å². The molecule has 0 N–H and O–H groups in total. The van der Waals surface area contributed by atoms with Crippen LogP contribution < -0.4 is 0 Å². The highest BCUT2D eigenvalue weighted by atomic mass is 16.7. The maximum Gasteiger partial charge on any atom is 0.183 e. The minimum absolute atomic E-state index is 0.0897. The molecule has 1 aliphatic heterocycles. The fourth-order valence-electron chi connectivity index (χ4n) is 3.66. The molecule has 0 radical (unpaired) electrons. The Morgan fingerprint density at radius 1 is 0.815 bits per heavy atom. The van der Waals surface area contributed by atoms with Gasteiger partial charge in [-0.05, 0) is 6.42 Å². The Hall–Kier alpha value is -1.19. The number of rotatable bonds is 14. The molecule has 3 nitrogen and oxygen atoms in total. The van der Waals surface area contributed by atoms with Crippen LogP contribution in [0.4, 0.5) is 0 Å². The Kier molecular flexibility index (Phi) is 11.4. The van der Waals surface area contributed by atoms with Crippen molar-refractivity contribution in [3.63, 3.8) is 0 Å². The second-order valence-corrected chi connectivity index (χ2v) is 7.86. The van der Waals surface area contributed by atoms with Gasteiger partial charge in [-0.1, -0.05) is 101 Å². The molecule has 1 aromatic carbocycles. The Balaban J connectivity index is 1.45. The molecule has 2 rings (SSSR count). The van der Waals surface area contributed by atoms with Crippen LogP contribution in [0.2, 0.25) is 0 Å². The smallest absolute Gasteiger partial charge is 0.183 e. The third-order valence-electron chi connectivity index (χ3n) is 5.45. The second-order valence-electron chi connectivity index (χ2n) is 7.86. The van der Waals surface area contributed by atoms with Gasteiger partial charge in [0.25, 0.3) is 0 Å². The summed E-state index contributed by atoms with van der Waals surface area (Å²) in [6, 6.07) is 9.93. The molecular formula is C24H38O3. The number of carbonyl (C=O) groups excluding carboxylic acids is 1. The summed E-state index contributed by atoms with van der Waals surface area (Å²) in [5.41, 5.74) is 1.02. The van der Waals surface area contributed by atoms with Crippen molar-refractivity contribution in [2.45, 2.75) is 90.3 Å². The molecule has 0 saturated carbocycles. The standard InChI is InChI=1S/C24H38O3/c1-2-3-4-5-6-7-8-9-10-11-15-18-23(25)22-19-26-24(27-20-22)21-16-13-12-14-17-21/h12-14,16-17,22,24H,2-11,15,18-20H2,1H3. The van der Waals surface area contributed by atoms with Crippen molar-refractivity contribution in [3.05, 3.63) is 35.9 Å². The van der Waals surface area contributed by atoms with Crippen LogP contribution in [-0.4, -0.2) is 19.0 Å². The maximum absolute atomic E-state index is 12.3. The van der Waals surface area contributed by atoms with E-state index in [-0.39, 0.29) is 12.2 Å². The summed E-state index contributed by atoms with van der Waals surface area (Å²) in [5.74, 6) is 0.213. The Morgan fingerprint density at radius 2 is 1.33 bits per heavy atom. The topological polar surface area (TPSA) is 35.5 Å². The first-order valence-corrected chi connectivity index (χ1v) is 11.1. The van der Waals surface area contributed by atoms with Crippen LogP contribution in [0, 0.1) is 5.92 Å². The zero-order valence-electron chi connectivity index (χ0n) is 17.2. The van der Waals surface area contributed by atoms with Crippen molar-refractivity contribution in [2.24, 2.45) is 5.92 Å². The highest BCUT2D eigenvalue weighted by Gasteiger charge is 2.27. The lowest BCUT2D eigenvalue weighted by atomic mass is 9.99. The SMILES string of the molecule is CCCCCCCCCCCCCC(=O)C1COC(c2ccccc2)OC1. The summed E-state index contributed by atoms with van der Waals surface area (Å²) in [6.45, 7) is 3.23. The van der Waals surface area contributed by atoms with E-state index in [0.717, 1.165) is 12.0 Å². The van der Waals surface area contributed by atoms with E-state index < -0.39 is 0 Å². The van der Waals surface area contributed by atoms with E-state index in [0.29, 0.717) is 25.4 Å². The van der Waals surface area contributed by atoms with Crippen molar-refractivity contribution < 1.29 is 14.3 Å². The molecule has 1 aliphatic rings. The molecule has 3 heteroatoms. The first-order chi connectivity index (χ1) is 13.3. The lowest BCUT2D eigenvalue weighted by Crippen LogP contribution is -2.32. The van der Waals surface area contributed by atoms with E-state index in [1.54, 1.807) is 0 Å². The number of hydrogen-bond acceptors (Lipinski definition) is 3. The van der Waals surface area contributed by atoms with Gasteiger partial charge < -0.3 is 9.47 Å². The molecular weight excluding hydrogens is 336 g/mol. The summed E-state index contributed by atoms with van der Waals surface area (Å²) in [6.07, 6.45) is 14.7. The van der Waals surface area contributed by atoms with E-state index in [9.17, 15) is 4.79 Å². The molecule has 0 unspecified atom stereocenters. The van der Waals surface area contributed by atoms with Gasteiger partial charge in [-0.15, -0.1) is 0 Å². The van der Waals surface area contributed by atoms with Gasteiger partial charge in [0, 0.05) is 12.0 Å². The van der Waals surface area contributed by atoms with Crippen LogP contribution in [0.3, 0.4) is 0 Å². The van der Waals surface area contributed by atoms with Gasteiger partial charge in [-0.25, -0.2) is 0 Å². The van der Waals surface area contributed by atoms with Gasteiger partial charge in [0.2, 0.25) is 0 Å². The number of unbranched alkanes of at least 4 members (excludes halogenated alkanes) is 10. The van der Waals surface area contributed by atoms with Crippen LogP contribution in [-0.2, 0) is 14.3 Å². The van der Waals surface area contributed by atoms with E-state index in [1.807, 2.05) is 30.3 Å². The zero-order valence-corrected chi connectivity index (χ0v) is 17.2. The van der Waals surface area contributed by atoms with Gasteiger partial charge in [-0.3, -0.25) is 4.79 Å². The summed E-state index contributed by atoms with van der Waals surface area (Å²) >= 11 is 0. The third kappa shape index (κ3) is 9.03. The van der Waals surface area contributed by atoms with Crippen LogP contribution in [0.5, 0.6) is 0 Å². The molecule has 27 heavy (non-hydrogen) atoms. The molecule has 0 spiro atoms. The Bertz CT molecular complexity index is 492. The fraction of sp³-hybridized carbons (Fsp3) is 0.708. The molecule has 1 aromatic rings. The summed E-state index contributed by atoms with van der Waals surface area (Å²) in [5, 5.41) is 0. The summed E-state index contributed by atoms with van der Waals surface area (Å²) < 4.78 is 11.5. The lowest BCUT2D eigenvalue weighted by molar-refractivity contribution is -0.205. The summed E-state index contributed by atoms with van der Waals surface area (Å²) in [7, 11) is 0. The molecule has 0 aromatic heterocycles. The molecule has 1 fully saturated rings. The predicted octanol–water partition coefficient (Wildman–Crippen LogP) is 6.62. The number of hydrogen-bond donors (Lipinski definition) is 0. The van der Waals surface area contributed by atoms with Crippen molar-refractivity contribution >= 4 is 5.78 Å². The van der Waals surface area contributed by atoms with Crippen LogP contribution in [0.15, 0.2) is 30.3 Å². The minimum atomic E-state index is -0.322. The molecule has 0 atom stereocenters. The number of ether oxygens (including phenoxy) is 2. The molecule has 1 heterocycles. The number of ketones is 1. The van der Waals surface area contributed by atoms with E-state index in [1.165, 1.54) is 64.2 Å². The van der Waals surface area contributed by atoms with Crippen molar-refractivity contribution in [1.29, 1.82) is 0 Å². The van der Waals surface area contributed by atoms with E-state index >= 15 is 0 Å². The van der Waals surface area contributed by atoms with Crippen molar-refractivity contribution in [1.82, 2.24) is 0 Å². The average molecular weight is 375 g/mol. The van der Waals surface area contributed by atoms with Gasteiger partial charge in [0.1, 0.15) is 5.78 Å². The van der Waals surface area contributed by atoms with E-state index in [2.05, 4.69) is 6.92 Å². The quantitative estimate of drug-likeness (QED) is 0.343. The number of benzene rings is 1. The van der Waals surface area contributed by atoms with Gasteiger partial charge in [-0.2, -0.15) is 0 Å². The fourth-order valence-corrected chi connectivity index (χ4v) is 3.66. The van der Waals surface area contributed by atoms with Crippen molar-refractivity contribution in [3.8, 4) is 0 Å². The van der Waals surface area contributed by atoms with Gasteiger partial charge >= 0.3 is 0 Å². The first kappa shape index (κ1) is 22.1. The Labute approximate surface area is 165 Å². The predicted molar refractivity (Wildman–Crippen MR) is 111 cm³/mol. The largest absolute Gasteiger partial charge is 0.348 e. The number of carbonyl (C=O) groups is 1. The molecule has 152 valence electrons. The van der Waals surface area contributed by atoms with Gasteiger partial charge in [0.15, 0.2) is 6.29 Å². The van der Waals surface area contributed by atoms with Gasteiger partial charge in [0.05, 0.1) is 19.1 Å². The lowest BCUT2D eigenvalue weighted by Gasteiger charge is -2.28. The highest BCUT2D eigenvalue weighted by Crippen LogP contribution is 2.26. The summed E-state index contributed by atoms with van der Waals surface area (Å²) in [4.78, 5) is 12.3. The molecule has 0 bridgehead atoms. The maximum atomic E-state index is 12.3. The highest BCUT2D eigenvalue weighted by molar-refractivity contribution is 5.81. The van der Waals surface area contributed by atoms with E-state index in [4.69, 9.17) is 9.47 Å². The first-order valence-electron chi connectivity index (χ1n) is 11.1. The van der Waals surface area contributed by atoms with Crippen molar-refractivity contribution in [2.75, 3.05) is 13.2 Å². The monoisotopic (exact) mass is 374 g/mol. The minimum Gasteiger partial charge on any atom is -0.348 e. The molecule has 0 amide bonds. The molecule has 1 saturated heterocycles. The average Bonchev–Trinajstić information content (AvgIpc) is 2.72. The Morgan fingerprint density at radius 3 is 1.89 bits per heavy atom.